The lowest BCUT2D eigenvalue weighted by molar-refractivity contribution is -0.384. The summed E-state index contributed by atoms with van der Waals surface area (Å²) >= 11 is 1.54. The Morgan fingerprint density at radius 1 is 0.879 bits per heavy atom. The van der Waals surface area contributed by atoms with E-state index in [1.54, 1.807) is 36.5 Å². The Balaban J connectivity index is 1.39. The quantitative estimate of drug-likeness (QED) is 0.135. The lowest BCUT2D eigenvalue weighted by Gasteiger charge is -2.11. The predicted molar refractivity (Wildman–Crippen MR) is 129 cm³/mol. The average Bonchev–Trinajstić information content (AvgIpc) is 3.27. The lowest BCUT2D eigenvalue weighted by Crippen LogP contribution is -2.01. The molecule has 0 radical (unpaired) electrons. The minimum absolute atomic E-state index is 0.0858. The number of hydrogen-bond donors (Lipinski definition) is 0. The summed E-state index contributed by atoms with van der Waals surface area (Å²) in [6.45, 7) is 0.644. The van der Waals surface area contributed by atoms with Gasteiger partial charge in [-0.25, -0.2) is 15.0 Å². The number of thioether (sulfide) groups is 1. The summed E-state index contributed by atoms with van der Waals surface area (Å²) in [4.78, 5) is 24.0. The number of hydrogen-bond acceptors (Lipinski definition) is 6. The molecule has 0 saturated carbocycles. The Morgan fingerprint density at radius 3 is 2.42 bits per heavy atom. The second-order valence-electron chi connectivity index (χ2n) is 7.46. The van der Waals surface area contributed by atoms with E-state index in [-0.39, 0.29) is 5.69 Å². The molecule has 0 amide bonds. The summed E-state index contributed by atoms with van der Waals surface area (Å²) in [6.07, 6.45) is 3.36. The third kappa shape index (κ3) is 4.47. The number of nitro benzene ring substituents is 1. The number of non-ortho nitro benzene ring substituents is 1. The third-order valence-corrected chi connectivity index (χ3v) is 6.38. The molecule has 162 valence electrons. The first kappa shape index (κ1) is 20.8. The van der Waals surface area contributed by atoms with E-state index in [4.69, 9.17) is 0 Å². The van der Waals surface area contributed by atoms with E-state index in [2.05, 4.69) is 39.2 Å². The van der Waals surface area contributed by atoms with Crippen molar-refractivity contribution in [2.24, 2.45) is 0 Å². The fourth-order valence-corrected chi connectivity index (χ4v) is 4.59. The highest BCUT2D eigenvalue weighted by Crippen LogP contribution is 2.29. The molecule has 33 heavy (non-hydrogen) atoms. The highest BCUT2D eigenvalue weighted by molar-refractivity contribution is 7.98. The average molecular weight is 454 g/mol. The second-order valence-corrected chi connectivity index (χ2v) is 8.42. The first-order chi connectivity index (χ1) is 16.2. The standard InChI is InChI=1S/C25H19N5O2S/c31-30(32)21-12-10-18(11-13-21)15-33-25-23-24(26-16-27-25)29(17-28-23)14-20-8-4-5-9-22(20)19-6-2-1-3-7-19/h1-13,16-17H,14-15H2. The number of fused-ring (bicyclic) bond motifs is 1. The van der Waals surface area contributed by atoms with Crippen molar-refractivity contribution in [1.29, 1.82) is 0 Å². The van der Waals surface area contributed by atoms with Gasteiger partial charge in [0, 0.05) is 17.9 Å². The van der Waals surface area contributed by atoms with Crippen LogP contribution in [0.1, 0.15) is 11.1 Å². The molecule has 0 fully saturated rings. The van der Waals surface area contributed by atoms with Gasteiger partial charge in [0.2, 0.25) is 0 Å². The molecule has 0 atom stereocenters. The predicted octanol–water partition coefficient (Wildman–Crippen LogP) is 5.74. The Bertz CT molecular complexity index is 1420. The van der Waals surface area contributed by atoms with Crippen molar-refractivity contribution in [3.63, 3.8) is 0 Å². The SMILES string of the molecule is O=[N+]([O-])c1ccc(CSc2ncnc3c2ncn3Cc2ccccc2-c2ccccc2)cc1. The van der Waals surface area contributed by atoms with Crippen molar-refractivity contribution in [1.82, 2.24) is 19.5 Å². The summed E-state index contributed by atoms with van der Waals surface area (Å²) in [6, 6.07) is 25.2. The van der Waals surface area contributed by atoms with Gasteiger partial charge in [0.25, 0.3) is 5.69 Å². The van der Waals surface area contributed by atoms with E-state index in [1.165, 1.54) is 28.8 Å². The molecule has 3 aromatic carbocycles. The zero-order chi connectivity index (χ0) is 22.6. The largest absolute Gasteiger partial charge is 0.311 e. The molecular formula is C25H19N5O2S. The van der Waals surface area contributed by atoms with Crippen molar-refractivity contribution in [3.05, 3.63) is 113 Å². The van der Waals surface area contributed by atoms with E-state index in [1.807, 2.05) is 34.9 Å². The minimum atomic E-state index is -0.395. The van der Waals surface area contributed by atoms with Gasteiger partial charge in [0.1, 0.15) is 16.9 Å². The van der Waals surface area contributed by atoms with Crippen LogP contribution < -0.4 is 0 Å². The Hall–Kier alpha value is -4.04. The molecule has 0 saturated heterocycles. The summed E-state index contributed by atoms with van der Waals surface area (Å²) in [7, 11) is 0. The molecule has 2 heterocycles. The second kappa shape index (κ2) is 9.22. The summed E-state index contributed by atoms with van der Waals surface area (Å²) < 4.78 is 2.04. The molecule has 2 aromatic heterocycles. The first-order valence-electron chi connectivity index (χ1n) is 10.3. The van der Waals surface area contributed by atoms with Gasteiger partial charge in [-0.05, 0) is 22.3 Å². The smallest absolute Gasteiger partial charge is 0.269 e. The van der Waals surface area contributed by atoms with Crippen LogP contribution in [0.5, 0.6) is 0 Å². The zero-order valence-electron chi connectivity index (χ0n) is 17.5. The van der Waals surface area contributed by atoms with Gasteiger partial charge in [-0.15, -0.1) is 0 Å². The van der Waals surface area contributed by atoms with Crippen LogP contribution >= 0.6 is 11.8 Å². The van der Waals surface area contributed by atoms with Crippen LogP contribution in [0, 0.1) is 10.1 Å². The van der Waals surface area contributed by atoms with E-state index < -0.39 is 4.92 Å². The first-order valence-corrected chi connectivity index (χ1v) is 11.3. The maximum absolute atomic E-state index is 10.8. The molecule has 0 spiro atoms. The Morgan fingerprint density at radius 2 is 1.64 bits per heavy atom. The molecule has 5 rings (SSSR count). The Kier molecular flexibility index (Phi) is 5.82. The van der Waals surface area contributed by atoms with Crippen LogP contribution in [-0.2, 0) is 12.3 Å². The van der Waals surface area contributed by atoms with E-state index >= 15 is 0 Å². The highest BCUT2D eigenvalue weighted by Gasteiger charge is 2.13. The monoisotopic (exact) mass is 453 g/mol. The van der Waals surface area contributed by atoms with Gasteiger partial charge < -0.3 is 4.57 Å². The molecule has 7 nitrogen and oxygen atoms in total. The third-order valence-electron chi connectivity index (χ3n) is 5.33. The fraction of sp³-hybridized carbons (Fsp3) is 0.0800. The van der Waals surface area contributed by atoms with Crippen LogP contribution in [0.4, 0.5) is 5.69 Å². The van der Waals surface area contributed by atoms with Gasteiger partial charge in [0.15, 0.2) is 5.65 Å². The van der Waals surface area contributed by atoms with Gasteiger partial charge in [0.05, 0.1) is 17.8 Å². The van der Waals surface area contributed by atoms with E-state index in [0.717, 1.165) is 21.8 Å². The van der Waals surface area contributed by atoms with Crippen LogP contribution in [0.15, 0.2) is 96.5 Å². The number of aromatic nitrogens is 4. The normalized spacial score (nSPS) is 11.0. The number of rotatable bonds is 7. The molecule has 0 aliphatic heterocycles. The van der Waals surface area contributed by atoms with Gasteiger partial charge in [-0.2, -0.15) is 0 Å². The van der Waals surface area contributed by atoms with Gasteiger partial charge >= 0.3 is 0 Å². The number of nitrogens with zero attached hydrogens (tertiary/aromatic N) is 5. The van der Waals surface area contributed by atoms with Crippen LogP contribution in [0.3, 0.4) is 0 Å². The molecule has 0 unspecified atom stereocenters. The molecule has 0 aliphatic carbocycles. The van der Waals surface area contributed by atoms with Crippen LogP contribution in [-0.4, -0.2) is 24.4 Å². The van der Waals surface area contributed by atoms with Crippen molar-refractivity contribution in [2.75, 3.05) is 0 Å². The minimum Gasteiger partial charge on any atom is -0.311 e. The molecular weight excluding hydrogens is 434 g/mol. The fourth-order valence-electron chi connectivity index (χ4n) is 3.69. The number of nitro groups is 1. The molecule has 5 aromatic rings. The summed E-state index contributed by atoms with van der Waals surface area (Å²) in [5.41, 5.74) is 6.13. The highest BCUT2D eigenvalue weighted by atomic mass is 32.2. The lowest BCUT2D eigenvalue weighted by atomic mass is 10.00. The molecule has 0 N–H and O–H groups in total. The Labute approximate surface area is 194 Å². The maximum Gasteiger partial charge on any atom is 0.269 e. The molecule has 0 aliphatic rings. The van der Waals surface area contributed by atoms with Crippen molar-refractivity contribution < 1.29 is 4.92 Å². The van der Waals surface area contributed by atoms with Gasteiger partial charge in [-0.3, -0.25) is 10.1 Å². The summed E-state index contributed by atoms with van der Waals surface area (Å²) in [5.74, 6) is 0.633. The number of benzene rings is 3. The van der Waals surface area contributed by atoms with Crippen LogP contribution in [0.25, 0.3) is 22.3 Å². The zero-order valence-corrected chi connectivity index (χ0v) is 18.4. The maximum atomic E-state index is 10.8. The van der Waals surface area contributed by atoms with E-state index in [9.17, 15) is 10.1 Å². The number of imidazole rings is 1. The topological polar surface area (TPSA) is 86.7 Å². The van der Waals surface area contributed by atoms with E-state index in [0.29, 0.717) is 12.3 Å². The summed E-state index contributed by atoms with van der Waals surface area (Å²) in [5, 5.41) is 11.6. The van der Waals surface area contributed by atoms with Crippen LogP contribution in [0.2, 0.25) is 0 Å². The molecule has 8 heteroatoms. The molecule has 0 bridgehead atoms. The van der Waals surface area contributed by atoms with Gasteiger partial charge in [-0.1, -0.05) is 78.5 Å². The van der Waals surface area contributed by atoms with Crippen molar-refractivity contribution >= 4 is 28.6 Å². The van der Waals surface area contributed by atoms with Crippen molar-refractivity contribution in [3.8, 4) is 11.1 Å². The van der Waals surface area contributed by atoms with Crippen molar-refractivity contribution in [2.45, 2.75) is 17.3 Å².